The van der Waals surface area contributed by atoms with Crippen molar-refractivity contribution < 1.29 is 13.2 Å². The second kappa shape index (κ2) is 9.47. The van der Waals surface area contributed by atoms with Gasteiger partial charge in [-0.1, -0.05) is 36.2 Å². The van der Waals surface area contributed by atoms with Gasteiger partial charge >= 0.3 is 0 Å². The Morgan fingerprint density at radius 1 is 1.26 bits per heavy atom. The molecule has 1 rings (SSSR count). The summed E-state index contributed by atoms with van der Waals surface area (Å²) in [6.07, 6.45) is 2.84. The molecule has 5 nitrogen and oxygen atoms in total. The highest BCUT2D eigenvalue weighted by Crippen LogP contribution is 2.21. The fourth-order valence-electron chi connectivity index (χ4n) is 2.05. The van der Waals surface area contributed by atoms with Crippen molar-refractivity contribution in [2.45, 2.75) is 26.2 Å². The Morgan fingerprint density at radius 3 is 2.52 bits per heavy atom. The molecule has 0 aliphatic carbocycles. The van der Waals surface area contributed by atoms with Gasteiger partial charge in [0.25, 0.3) is 0 Å². The van der Waals surface area contributed by atoms with E-state index in [0.717, 1.165) is 18.2 Å². The summed E-state index contributed by atoms with van der Waals surface area (Å²) in [5.41, 5.74) is 0.833. The Labute approximate surface area is 148 Å². The van der Waals surface area contributed by atoms with E-state index in [0.29, 0.717) is 36.0 Å². The van der Waals surface area contributed by atoms with Gasteiger partial charge in [0.15, 0.2) is 0 Å². The second-order valence-corrected chi connectivity index (χ2v) is 8.07. The van der Waals surface area contributed by atoms with Crippen LogP contribution in [0.25, 0.3) is 0 Å². The van der Waals surface area contributed by atoms with Crippen molar-refractivity contribution >= 4 is 39.1 Å². The van der Waals surface area contributed by atoms with Crippen LogP contribution in [0.4, 0.5) is 0 Å². The number of sulfonamides is 1. The van der Waals surface area contributed by atoms with Gasteiger partial charge in [-0.05, 0) is 30.5 Å². The summed E-state index contributed by atoms with van der Waals surface area (Å²) in [6, 6.07) is 5.14. The minimum absolute atomic E-state index is 0.0679. The minimum atomic E-state index is -3.35. The predicted molar refractivity (Wildman–Crippen MR) is 94.5 cm³/mol. The summed E-state index contributed by atoms with van der Waals surface area (Å²) in [5, 5.41) is 3.77. The molecule has 0 heterocycles. The topological polar surface area (TPSA) is 66.5 Å². The maximum Gasteiger partial charge on any atom is 0.220 e. The van der Waals surface area contributed by atoms with Crippen LogP contribution in [-0.2, 0) is 21.2 Å². The molecule has 0 saturated carbocycles. The van der Waals surface area contributed by atoms with Gasteiger partial charge in [-0.2, -0.15) is 0 Å². The van der Waals surface area contributed by atoms with Crippen LogP contribution in [0.5, 0.6) is 0 Å². The molecule has 23 heavy (non-hydrogen) atoms. The first kappa shape index (κ1) is 20.2. The first-order valence-corrected chi connectivity index (χ1v) is 10.00. The summed E-state index contributed by atoms with van der Waals surface area (Å²) >= 11 is 11.9. The molecule has 0 unspecified atom stereocenters. The Balaban J connectivity index is 2.60. The van der Waals surface area contributed by atoms with Crippen LogP contribution in [0.1, 0.15) is 25.3 Å². The number of benzene rings is 1. The maximum atomic E-state index is 11.9. The zero-order valence-electron chi connectivity index (χ0n) is 13.3. The van der Waals surface area contributed by atoms with Crippen LogP contribution in [0.2, 0.25) is 10.0 Å². The van der Waals surface area contributed by atoms with E-state index < -0.39 is 10.0 Å². The van der Waals surface area contributed by atoms with E-state index in [9.17, 15) is 13.2 Å². The molecule has 0 saturated heterocycles. The lowest BCUT2D eigenvalue weighted by atomic mass is 10.1. The Kier molecular flexibility index (Phi) is 8.33. The largest absolute Gasteiger partial charge is 0.355 e. The molecular formula is C15H22Cl2N2O3S. The highest BCUT2D eigenvalue weighted by molar-refractivity contribution is 7.88. The first-order valence-electron chi connectivity index (χ1n) is 7.39. The van der Waals surface area contributed by atoms with Crippen LogP contribution in [-0.4, -0.2) is 44.5 Å². The van der Waals surface area contributed by atoms with E-state index >= 15 is 0 Å². The predicted octanol–water partition coefficient (Wildman–Crippen LogP) is 2.71. The molecule has 0 radical (unpaired) electrons. The van der Waals surface area contributed by atoms with Crippen molar-refractivity contribution in [1.82, 2.24) is 9.62 Å². The minimum Gasteiger partial charge on any atom is -0.355 e. The highest BCUT2D eigenvalue weighted by Gasteiger charge is 2.17. The van der Waals surface area contributed by atoms with Crippen LogP contribution in [0, 0.1) is 0 Å². The third-order valence-electron chi connectivity index (χ3n) is 3.28. The van der Waals surface area contributed by atoms with Crippen molar-refractivity contribution in [3.05, 3.63) is 33.8 Å². The molecule has 8 heteroatoms. The standard InChI is InChI=1S/C15H22Cl2N2O3S/c1-3-4-15(20)18-8-10-19(23(2,21)22)9-7-12-5-6-13(16)11-14(12)17/h5-6,11H,3-4,7-10H2,1-2H3,(H,18,20). The average molecular weight is 381 g/mol. The normalized spacial score (nSPS) is 11.7. The van der Waals surface area contributed by atoms with Crippen molar-refractivity contribution in [3.8, 4) is 0 Å². The SMILES string of the molecule is CCCC(=O)NCCN(CCc1ccc(Cl)cc1Cl)S(C)(=O)=O. The van der Waals surface area contributed by atoms with Gasteiger partial charge in [0.2, 0.25) is 15.9 Å². The van der Waals surface area contributed by atoms with E-state index in [1.807, 2.05) is 6.92 Å². The van der Waals surface area contributed by atoms with E-state index in [4.69, 9.17) is 23.2 Å². The summed E-state index contributed by atoms with van der Waals surface area (Å²) in [5.74, 6) is -0.0679. The van der Waals surface area contributed by atoms with Crippen molar-refractivity contribution in [3.63, 3.8) is 0 Å². The molecule has 0 spiro atoms. The molecule has 1 aromatic carbocycles. The number of carbonyl (C=O) groups excluding carboxylic acids is 1. The van der Waals surface area contributed by atoms with Gasteiger partial charge in [0.05, 0.1) is 6.26 Å². The third kappa shape index (κ3) is 7.52. The third-order valence-corrected chi connectivity index (χ3v) is 5.17. The Hall–Kier alpha value is -0.820. The smallest absolute Gasteiger partial charge is 0.220 e. The molecule has 1 aromatic rings. The fraction of sp³-hybridized carbons (Fsp3) is 0.533. The zero-order valence-corrected chi connectivity index (χ0v) is 15.6. The molecule has 130 valence electrons. The van der Waals surface area contributed by atoms with E-state index in [-0.39, 0.29) is 12.5 Å². The lowest BCUT2D eigenvalue weighted by Gasteiger charge is -2.20. The van der Waals surface area contributed by atoms with Crippen molar-refractivity contribution in [1.29, 1.82) is 0 Å². The molecule has 0 aliphatic rings. The van der Waals surface area contributed by atoms with Gasteiger partial charge < -0.3 is 5.32 Å². The molecule has 0 aliphatic heterocycles. The second-order valence-electron chi connectivity index (χ2n) is 5.25. The number of hydrogen-bond donors (Lipinski definition) is 1. The maximum absolute atomic E-state index is 11.9. The van der Waals surface area contributed by atoms with E-state index in [1.54, 1.807) is 18.2 Å². The van der Waals surface area contributed by atoms with E-state index in [1.165, 1.54) is 4.31 Å². The molecular weight excluding hydrogens is 359 g/mol. The number of hydrogen-bond acceptors (Lipinski definition) is 3. The lowest BCUT2D eigenvalue weighted by Crippen LogP contribution is -2.39. The monoisotopic (exact) mass is 380 g/mol. The molecule has 0 aromatic heterocycles. The molecule has 0 atom stereocenters. The Morgan fingerprint density at radius 2 is 1.96 bits per heavy atom. The van der Waals surface area contributed by atoms with E-state index in [2.05, 4.69) is 5.32 Å². The number of rotatable bonds is 9. The first-order chi connectivity index (χ1) is 10.7. The summed E-state index contributed by atoms with van der Waals surface area (Å²) < 4.78 is 25.0. The zero-order chi connectivity index (χ0) is 17.5. The number of nitrogens with one attached hydrogen (secondary N) is 1. The van der Waals surface area contributed by atoms with Crippen LogP contribution in [0.3, 0.4) is 0 Å². The quantitative estimate of drug-likeness (QED) is 0.715. The van der Waals surface area contributed by atoms with Gasteiger partial charge in [-0.3, -0.25) is 4.79 Å². The number of nitrogens with zero attached hydrogens (tertiary/aromatic N) is 1. The molecule has 1 amide bonds. The number of amides is 1. The lowest BCUT2D eigenvalue weighted by molar-refractivity contribution is -0.121. The van der Waals surface area contributed by atoms with Crippen LogP contribution >= 0.6 is 23.2 Å². The summed E-state index contributed by atoms with van der Waals surface area (Å²) in [4.78, 5) is 11.4. The molecule has 0 bridgehead atoms. The number of halogens is 2. The van der Waals surface area contributed by atoms with Gasteiger partial charge in [-0.15, -0.1) is 0 Å². The Bertz CT molecular complexity index is 636. The molecule has 0 fully saturated rings. The van der Waals surface area contributed by atoms with Crippen molar-refractivity contribution in [2.24, 2.45) is 0 Å². The number of carbonyl (C=O) groups is 1. The summed E-state index contributed by atoms with van der Waals surface area (Å²) in [7, 11) is -3.35. The molecule has 1 N–H and O–H groups in total. The van der Waals surface area contributed by atoms with Gasteiger partial charge in [0, 0.05) is 36.1 Å². The van der Waals surface area contributed by atoms with Crippen LogP contribution in [0.15, 0.2) is 18.2 Å². The van der Waals surface area contributed by atoms with Crippen molar-refractivity contribution in [2.75, 3.05) is 25.9 Å². The van der Waals surface area contributed by atoms with Crippen LogP contribution < -0.4 is 5.32 Å². The summed E-state index contributed by atoms with van der Waals surface area (Å²) in [6.45, 7) is 2.74. The van der Waals surface area contributed by atoms with Gasteiger partial charge in [-0.25, -0.2) is 12.7 Å². The van der Waals surface area contributed by atoms with Gasteiger partial charge in [0.1, 0.15) is 0 Å². The fourth-order valence-corrected chi connectivity index (χ4v) is 3.40. The highest BCUT2D eigenvalue weighted by atomic mass is 35.5. The average Bonchev–Trinajstić information content (AvgIpc) is 2.43.